The molecule has 2 N–H and O–H groups in total. The summed E-state index contributed by atoms with van der Waals surface area (Å²) in [5.41, 5.74) is 6.17. The Labute approximate surface area is 80.0 Å². The van der Waals surface area contributed by atoms with Crippen molar-refractivity contribution in [3.8, 4) is 0 Å². The molecule has 0 aromatic rings. The van der Waals surface area contributed by atoms with E-state index in [0.29, 0.717) is 5.54 Å². The van der Waals surface area contributed by atoms with E-state index >= 15 is 0 Å². The molecule has 0 spiro atoms. The van der Waals surface area contributed by atoms with Gasteiger partial charge in [-0.2, -0.15) is 0 Å². The van der Waals surface area contributed by atoms with Crippen LogP contribution in [0.1, 0.15) is 33.1 Å². The van der Waals surface area contributed by atoms with Gasteiger partial charge in [0.15, 0.2) is 5.96 Å². The van der Waals surface area contributed by atoms with Crippen LogP contribution < -0.4 is 5.73 Å². The van der Waals surface area contributed by atoms with E-state index in [9.17, 15) is 0 Å². The summed E-state index contributed by atoms with van der Waals surface area (Å²) in [6, 6.07) is 0. The molecule has 1 unspecified atom stereocenters. The van der Waals surface area contributed by atoms with Crippen LogP contribution >= 0.6 is 0 Å². The van der Waals surface area contributed by atoms with Crippen LogP contribution in [0.5, 0.6) is 0 Å². The molecule has 1 aliphatic carbocycles. The lowest BCUT2D eigenvalue weighted by molar-refractivity contribution is 0.169. The molecule has 1 fully saturated rings. The van der Waals surface area contributed by atoms with Gasteiger partial charge in [-0.3, -0.25) is 4.99 Å². The average molecular weight is 181 g/mol. The van der Waals surface area contributed by atoms with E-state index in [1.54, 1.807) is 0 Å². The fourth-order valence-electron chi connectivity index (χ4n) is 2.66. The lowest BCUT2D eigenvalue weighted by atomic mass is 9.89. The van der Waals surface area contributed by atoms with Crippen LogP contribution in [0.25, 0.3) is 0 Å². The highest BCUT2D eigenvalue weighted by atomic mass is 15.4. The first-order valence-corrected chi connectivity index (χ1v) is 5.32. The number of rotatable bonds is 3. The molecule has 1 aliphatic heterocycles. The number of aliphatic imine (C=N–C) groups is 1. The number of hydrogen-bond donors (Lipinski definition) is 1. The predicted octanol–water partition coefficient (Wildman–Crippen LogP) is 1.20. The summed E-state index contributed by atoms with van der Waals surface area (Å²) in [4.78, 5) is 6.70. The van der Waals surface area contributed by atoms with Gasteiger partial charge in [0.25, 0.3) is 0 Å². The van der Waals surface area contributed by atoms with Crippen molar-refractivity contribution >= 4 is 5.96 Å². The molecular weight excluding hydrogens is 162 g/mol. The molecule has 0 amide bonds. The largest absolute Gasteiger partial charge is 0.370 e. The maximum atomic E-state index is 5.88. The zero-order chi connectivity index (χ0) is 9.47. The highest BCUT2D eigenvalue weighted by molar-refractivity contribution is 5.81. The molecule has 3 nitrogen and oxygen atoms in total. The van der Waals surface area contributed by atoms with Crippen molar-refractivity contribution in [2.45, 2.75) is 38.6 Å². The Morgan fingerprint density at radius 3 is 2.69 bits per heavy atom. The molecule has 0 radical (unpaired) electrons. The van der Waals surface area contributed by atoms with Gasteiger partial charge in [-0.25, -0.2) is 0 Å². The minimum atomic E-state index is 0.291. The molecule has 1 heterocycles. The van der Waals surface area contributed by atoms with Crippen molar-refractivity contribution in [1.29, 1.82) is 0 Å². The quantitative estimate of drug-likeness (QED) is 0.710. The number of likely N-dealkylation sites (N-methyl/N-ethyl adjacent to an activating group) is 1. The van der Waals surface area contributed by atoms with Gasteiger partial charge in [0.2, 0.25) is 0 Å². The van der Waals surface area contributed by atoms with Gasteiger partial charge < -0.3 is 10.6 Å². The van der Waals surface area contributed by atoms with Crippen molar-refractivity contribution in [1.82, 2.24) is 4.90 Å². The molecule has 1 atom stereocenters. The first kappa shape index (κ1) is 8.85. The summed E-state index contributed by atoms with van der Waals surface area (Å²) >= 11 is 0. The molecule has 0 saturated heterocycles. The van der Waals surface area contributed by atoms with Gasteiger partial charge in [-0.1, -0.05) is 6.92 Å². The smallest absolute Gasteiger partial charge is 0.191 e. The first-order chi connectivity index (χ1) is 6.24. The Hall–Kier alpha value is -0.730. The van der Waals surface area contributed by atoms with Crippen LogP contribution in [-0.2, 0) is 0 Å². The van der Waals surface area contributed by atoms with E-state index in [1.165, 1.54) is 19.3 Å². The Bertz CT molecular complexity index is 232. The summed E-state index contributed by atoms with van der Waals surface area (Å²) in [6.45, 7) is 6.35. The zero-order valence-corrected chi connectivity index (χ0v) is 8.58. The van der Waals surface area contributed by atoms with Gasteiger partial charge in [0, 0.05) is 6.54 Å². The van der Waals surface area contributed by atoms with Crippen LogP contribution in [0.3, 0.4) is 0 Å². The third-order valence-corrected chi connectivity index (χ3v) is 3.59. The monoisotopic (exact) mass is 181 g/mol. The molecule has 0 aromatic carbocycles. The molecule has 0 bridgehead atoms. The number of hydrogen-bond acceptors (Lipinski definition) is 3. The summed E-state index contributed by atoms with van der Waals surface area (Å²) in [6.07, 6.45) is 3.91. The van der Waals surface area contributed by atoms with Gasteiger partial charge in [-0.05, 0) is 32.1 Å². The Morgan fingerprint density at radius 2 is 2.23 bits per heavy atom. The van der Waals surface area contributed by atoms with Gasteiger partial charge in [-0.15, -0.1) is 0 Å². The predicted molar refractivity (Wildman–Crippen MR) is 54.6 cm³/mol. The standard InChI is InChI=1S/C10H19N3/c1-3-10(8-5-6-8)7-12-9(11)13(10)4-2/h8H,3-7H2,1-2H3,(H2,11,12). The highest BCUT2D eigenvalue weighted by Gasteiger charge is 2.50. The van der Waals surface area contributed by atoms with Gasteiger partial charge in [0.05, 0.1) is 12.1 Å². The topological polar surface area (TPSA) is 41.6 Å². The summed E-state index contributed by atoms with van der Waals surface area (Å²) in [5.74, 6) is 1.61. The second-order valence-corrected chi connectivity index (χ2v) is 4.15. The summed E-state index contributed by atoms with van der Waals surface area (Å²) in [7, 11) is 0. The number of nitrogens with zero attached hydrogens (tertiary/aromatic N) is 2. The van der Waals surface area contributed by atoms with E-state index in [-0.39, 0.29) is 0 Å². The van der Waals surface area contributed by atoms with E-state index in [4.69, 9.17) is 5.73 Å². The van der Waals surface area contributed by atoms with Gasteiger partial charge in [0.1, 0.15) is 0 Å². The molecular formula is C10H19N3. The average Bonchev–Trinajstić information content (AvgIpc) is 2.92. The van der Waals surface area contributed by atoms with E-state index < -0.39 is 0 Å². The van der Waals surface area contributed by atoms with Crippen LogP contribution in [0.2, 0.25) is 0 Å². The summed E-state index contributed by atoms with van der Waals surface area (Å²) in [5, 5.41) is 0. The van der Waals surface area contributed by atoms with E-state index in [2.05, 4.69) is 23.7 Å². The lowest BCUT2D eigenvalue weighted by Gasteiger charge is -2.38. The fraction of sp³-hybridized carbons (Fsp3) is 0.900. The van der Waals surface area contributed by atoms with Gasteiger partial charge >= 0.3 is 0 Å². The SMILES string of the molecule is CCN1C(N)=NCC1(CC)C1CC1. The minimum absolute atomic E-state index is 0.291. The van der Waals surface area contributed by atoms with Crippen LogP contribution in [0.4, 0.5) is 0 Å². The minimum Gasteiger partial charge on any atom is -0.370 e. The molecule has 13 heavy (non-hydrogen) atoms. The number of nitrogens with two attached hydrogens (primary N) is 1. The Balaban J connectivity index is 2.21. The molecule has 2 rings (SSSR count). The summed E-state index contributed by atoms with van der Waals surface area (Å²) < 4.78 is 0. The highest BCUT2D eigenvalue weighted by Crippen LogP contribution is 2.46. The molecule has 3 heteroatoms. The van der Waals surface area contributed by atoms with Crippen molar-refractivity contribution in [2.75, 3.05) is 13.1 Å². The normalized spacial score (nSPS) is 33.7. The second-order valence-electron chi connectivity index (χ2n) is 4.15. The molecule has 1 saturated carbocycles. The zero-order valence-electron chi connectivity index (χ0n) is 8.58. The molecule has 2 aliphatic rings. The van der Waals surface area contributed by atoms with Crippen molar-refractivity contribution in [2.24, 2.45) is 16.6 Å². The maximum Gasteiger partial charge on any atom is 0.191 e. The van der Waals surface area contributed by atoms with E-state index in [1.807, 2.05) is 0 Å². The van der Waals surface area contributed by atoms with Crippen LogP contribution in [-0.4, -0.2) is 29.5 Å². The van der Waals surface area contributed by atoms with E-state index in [0.717, 1.165) is 25.0 Å². The third-order valence-electron chi connectivity index (χ3n) is 3.59. The third kappa shape index (κ3) is 1.13. The Kier molecular flexibility index (Phi) is 1.97. The fourth-order valence-corrected chi connectivity index (χ4v) is 2.66. The molecule has 0 aromatic heterocycles. The van der Waals surface area contributed by atoms with Crippen LogP contribution in [0.15, 0.2) is 4.99 Å². The van der Waals surface area contributed by atoms with Crippen LogP contribution in [0, 0.1) is 5.92 Å². The first-order valence-electron chi connectivity index (χ1n) is 5.32. The van der Waals surface area contributed by atoms with Crippen molar-refractivity contribution < 1.29 is 0 Å². The number of guanidine groups is 1. The second kappa shape index (κ2) is 2.89. The Morgan fingerprint density at radius 1 is 1.54 bits per heavy atom. The molecule has 74 valence electrons. The van der Waals surface area contributed by atoms with Crippen molar-refractivity contribution in [3.05, 3.63) is 0 Å². The lowest BCUT2D eigenvalue weighted by Crippen LogP contribution is -2.52. The maximum absolute atomic E-state index is 5.88. The van der Waals surface area contributed by atoms with Crippen molar-refractivity contribution in [3.63, 3.8) is 0 Å².